The number of carbonyl (C=O) groups excluding carboxylic acids is 1. The van der Waals surface area contributed by atoms with Gasteiger partial charge < -0.3 is 15.7 Å². The second-order valence-corrected chi connectivity index (χ2v) is 6.44. The highest BCUT2D eigenvalue weighted by molar-refractivity contribution is 7.10. The van der Waals surface area contributed by atoms with E-state index in [2.05, 4.69) is 10.6 Å². The van der Waals surface area contributed by atoms with Crippen LogP contribution in [-0.4, -0.2) is 23.0 Å². The Hall–Kier alpha value is -2.41. The van der Waals surface area contributed by atoms with Gasteiger partial charge in [-0.05, 0) is 37.1 Å². The molecule has 1 fully saturated rings. The fourth-order valence-electron chi connectivity index (χ4n) is 2.13. The van der Waals surface area contributed by atoms with Gasteiger partial charge in [0.15, 0.2) is 0 Å². The summed E-state index contributed by atoms with van der Waals surface area (Å²) in [5.41, 5.74) is 1.27. The monoisotopic (exact) mass is 334 g/mol. The topological polar surface area (TPSA) is 78.4 Å². The molecule has 7 heteroatoms. The van der Waals surface area contributed by atoms with Crippen molar-refractivity contribution in [3.8, 4) is 0 Å². The maximum atomic E-state index is 13.4. The molecule has 1 amide bonds. The second kappa shape index (κ2) is 6.37. The van der Waals surface area contributed by atoms with Crippen molar-refractivity contribution in [2.45, 2.75) is 25.3 Å². The quantitative estimate of drug-likeness (QED) is 0.757. The summed E-state index contributed by atoms with van der Waals surface area (Å²) in [5, 5.41) is 16.3. The summed E-state index contributed by atoms with van der Waals surface area (Å²) in [6.45, 7) is 0. The Bertz CT molecular complexity index is 756. The second-order valence-electron chi connectivity index (χ2n) is 5.44. The third kappa shape index (κ3) is 4.07. The predicted molar refractivity (Wildman–Crippen MR) is 86.7 cm³/mol. The van der Waals surface area contributed by atoms with E-state index in [0.717, 1.165) is 12.8 Å². The molecule has 1 heterocycles. The van der Waals surface area contributed by atoms with E-state index in [9.17, 15) is 14.0 Å². The highest BCUT2D eigenvalue weighted by Crippen LogP contribution is 2.30. The Morgan fingerprint density at radius 1 is 1.26 bits per heavy atom. The van der Waals surface area contributed by atoms with Crippen molar-refractivity contribution in [1.82, 2.24) is 0 Å². The first-order valence-electron chi connectivity index (χ1n) is 7.18. The van der Waals surface area contributed by atoms with E-state index in [1.165, 1.54) is 41.0 Å². The molecule has 2 aromatic rings. The lowest BCUT2D eigenvalue weighted by Crippen LogP contribution is -2.16. The number of amides is 1. The first-order valence-corrected chi connectivity index (χ1v) is 8.06. The summed E-state index contributed by atoms with van der Waals surface area (Å²) in [5.74, 6) is -1.65. The van der Waals surface area contributed by atoms with Crippen molar-refractivity contribution in [3.05, 3.63) is 45.9 Å². The van der Waals surface area contributed by atoms with Crippen LogP contribution < -0.4 is 10.6 Å². The number of carboxylic acid groups (broad SMARTS) is 1. The van der Waals surface area contributed by atoms with Crippen molar-refractivity contribution >= 4 is 34.6 Å². The van der Waals surface area contributed by atoms with Gasteiger partial charge in [0.25, 0.3) is 0 Å². The molecule has 3 rings (SSSR count). The summed E-state index contributed by atoms with van der Waals surface area (Å²) in [7, 11) is 0. The zero-order chi connectivity index (χ0) is 16.4. The summed E-state index contributed by atoms with van der Waals surface area (Å²) in [6.07, 6.45) is 2.16. The first-order chi connectivity index (χ1) is 11.0. The van der Waals surface area contributed by atoms with Gasteiger partial charge in [0, 0.05) is 16.3 Å². The minimum Gasteiger partial charge on any atom is -0.478 e. The van der Waals surface area contributed by atoms with Crippen molar-refractivity contribution in [3.63, 3.8) is 0 Å². The smallest absolute Gasteiger partial charge is 0.336 e. The van der Waals surface area contributed by atoms with Crippen molar-refractivity contribution in [1.29, 1.82) is 0 Å². The Balaban J connectivity index is 1.68. The number of thiophene rings is 1. The van der Waals surface area contributed by atoms with Crippen LogP contribution in [0.5, 0.6) is 0 Å². The van der Waals surface area contributed by atoms with E-state index in [-0.39, 0.29) is 23.7 Å². The number of benzene rings is 1. The molecule has 1 aromatic carbocycles. The highest BCUT2D eigenvalue weighted by atomic mass is 32.1. The van der Waals surface area contributed by atoms with Crippen LogP contribution in [0.1, 0.15) is 28.1 Å². The van der Waals surface area contributed by atoms with Gasteiger partial charge in [0.2, 0.25) is 5.91 Å². The maximum Gasteiger partial charge on any atom is 0.336 e. The van der Waals surface area contributed by atoms with Crippen molar-refractivity contribution < 1.29 is 19.1 Å². The van der Waals surface area contributed by atoms with Gasteiger partial charge >= 0.3 is 5.97 Å². The molecule has 3 N–H and O–H groups in total. The van der Waals surface area contributed by atoms with Crippen molar-refractivity contribution in [2.75, 3.05) is 10.6 Å². The number of carbonyl (C=O) groups is 2. The van der Waals surface area contributed by atoms with E-state index in [1.807, 2.05) is 0 Å². The first kappa shape index (κ1) is 15.5. The molecule has 0 radical (unpaired) electrons. The number of aromatic carboxylic acids is 1. The lowest BCUT2D eigenvalue weighted by Gasteiger charge is -2.12. The molecule has 1 aliphatic carbocycles. The SMILES string of the molecule is O=C(Cc1cc(C(=O)O)cs1)Nc1ccc(F)cc1NC1CC1. The van der Waals surface area contributed by atoms with Crippen LogP contribution in [0, 0.1) is 5.82 Å². The Morgan fingerprint density at radius 2 is 2.04 bits per heavy atom. The average molecular weight is 334 g/mol. The fourth-order valence-corrected chi connectivity index (χ4v) is 2.99. The van der Waals surface area contributed by atoms with Crippen LogP contribution in [-0.2, 0) is 11.2 Å². The van der Waals surface area contributed by atoms with E-state index in [0.29, 0.717) is 22.3 Å². The Labute approximate surface area is 136 Å². The van der Waals surface area contributed by atoms with E-state index in [1.54, 1.807) is 0 Å². The molecule has 1 aromatic heterocycles. The van der Waals surface area contributed by atoms with Gasteiger partial charge in [-0.2, -0.15) is 0 Å². The molecule has 5 nitrogen and oxygen atoms in total. The Kier molecular flexibility index (Phi) is 4.29. The van der Waals surface area contributed by atoms with E-state index < -0.39 is 5.97 Å². The van der Waals surface area contributed by atoms with Crippen molar-refractivity contribution in [2.24, 2.45) is 0 Å². The van der Waals surface area contributed by atoms with Crippen LogP contribution >= 0.6 is 11.3 Å². The number of anilines is 2. The molecule has 0 aliphatic heterocycles. The molecule has 0 bridgehead atoms. The largest absolute Gasteiger partial charge is 0.478 e. The number of nitrogens with one attached hydrogen (secondary N) is 2. The molecule has 23 heavy (non-hydrogen) atoms. The molecular weight excluding hydrogens is 319 g/mol. The normalized spacial score (nSPS) is 13.6. The molecular formula is C16H15FN2O3S. The summed E-state index contributed by atoms with van der Waals surface area (Å²) in [4.78, 5) is 23.6. The lowest BCUT2D eigenvalue weighted by molar-refractivity contribution is -0.115. The van der Waals surface area contributed by atoms with Crippen LogP contribution in [0.15, 0.2) is 29.6 Å². The van der Waals surface area contributed by atoms with Gasteiger partial charge in [-0.1, -0.05) is 0 Å². The molecule has 120 valence electrons. The molecule has 1 aliphatic rings. The summed E-state index contributed by atoms with van der Waals surface area (Å²) < 4.78 is 13.4. The Morgan fingerprint density at radius 3 is 2.70 bits per heavy atom. The number of hydrogen-bond donors (Lipinski definition) is 3. The van der Waals surface area contributed by atoms with E-state index in [4.69, 9.17) is 5.11 Å². The number of carboxylic acids is 1. The van der Waals surface area contributed by atoms with Gasteiger partial charge in [-0.15, -0.1) is 11.3 Å². The average Bonchev–Trinajstić information content (AvgIpc) is 3.17. The molecule has 0 saturated heterocycles. The van der Waals surface area contributed by atoms with Gasteiger partial charge in [0.05, 0.1) is 23.4 Å². The molecule has 1 saturated carbocycles. The lowest BCUT2D eigenvalue weighted by atomic mass is 10.2. The summed E-state index contributed by atoms with van der Waals surface area (Å²) >= 11 is 1.23. The minimum absolute atomic E-state index is 0.0815. The number of halogens is 1. The molecule has 0 atom stereocenters. The van der Waals surface area contributed by atoms with Crippen LogP contribution in [0.2, 0.25) is 0 Å². The zero-order valence-corrected chi connectivity index (χ0v) is 13.0. The minimum atomic E-state index is -1.01. The standard InChI is InChI=1S/C16H15FN2O3S/c17-10-1-4-13(14(6-10)18-11-2-3-11)19-15(20)7-12-5-9(8-23-12)16(21)22/h1,4-6,8,11,18H,2-3,7H2,(H,19,20)(H,21,22). The predicted octanol–water partition coefficient (Wildman–Crippen LogP) is 3.34. The van der Waals surface area contributed by atoms with Gasteiger partial charge in [0.1, 0.15) is 5.82 Å². The van der Waals surface area contributed by atoms with Crippen LogP contribution in [0.4, 0.5) is 15.8 Å². The zero-order valence-electron chi connectivity index (χ0n) is 12.1. The number of hydrogen-bond acceptors (Lipinski definition) is 4. The van der Waals surface area contributed by atoms with Gasteiger partial charge in [-0.3, -0.25) is 4.79 Å². The highest BCUT2D eigenvalue weighted by Gasteiger charge is 2.22. The molecule has 0 spiro atoms. The third-order valence-corrected chi connectivity index (χ3v) is 4.36. The van der Waals surface area contributed by atoms with Gasteiger partial charge in [-0.25, -0.2) is 9.18 Å². The molecule has 0 unspecified atom stereocenters. The summed E-state index contributed by atoms with van der Waals surface area (Å²) in [6, 6.07) is 6.00. The third-order valence-electron chi connectivity index (χ3n) is 3.43. The number of rotatable bonds is 6. The van der Waals surface area contributed by atoms with E-state index >= 15 is 0 Å². The van der Waals surface area contributed by atoms with Crippen LogP contribution in [0.25, 0.3) is 0 Å². The fraction of sp³-hybridized carbons (Fsp3) is 0.250. The maximum absolute atomic E-state index is 13.4. The van der Waals surface area contributed by atoms with Crippen LogP contribution in [0.3, 0.4) is 0 Å².